The summed E-state index contributed by atoms with van der Waals surface area (Å²) in [5, 5.41) is 19.6. The number of aliphatic carboxylic acids is 1. The van der Waals surface area contributed by atoms with Crippen molar-refractivity contribution in [2.24, 2.45) is 0 Å². The number of hydrogen-bond acceptors (Lipinski definition) is 5. The average molecular weight is 367 g/mol. The third-order valence-electron chi connectivity index (χ3n) is 2.65. The lowest BCUT2D eigenvalue weighted by atomic mass is 10.3. The molecule has 1 unspecified atom stereocenters. The van der Waals surface area contributed by atoms with Gasteiger partial charge in [0.05, 0.1) is 9.82 Å². The van der Waals surface area contributed by atoms with Gasteiger partial charge in [0.25, 0.3) is 5.69 Å². The topological polar surface area (TPSA) is 118 Å². The minimum atomic E-state index is -4.14. The predicted molar refractivity (Wildman–Crippen MR) is 72.8 cm³/mol. The molecule has 0 aromatic heterocycles. The van der Waals surface area contributed by atoms with E-state index < -0.39 is 32.6 Å². The van der Waals surface area contributed by atoms with Crippen LogP contribution in [0.25, 0.3) is 0 Å². The normalized spacial score (nSPS) is 13.2. The summed E-state index contributed by atoms with van der Waals surface area (Å²) in [6.45, 7) is 1.20. The first kappa shape index (κ1) is 16.5. The van der Waals surface area contributed by atoms with Crippen LogP contribution < -0.4 is 0 Å². The lowest BCUT2D eigenvalue weighted by molar-refractivity contribution is -0.385. The summed E-state index contributed by atoms with van der Waals surface area (Å²) in [5.74, 6) is -1.32. The molecule has 0 saturated carbocycles. The molecule has 1 aromatic rings. The van der Waals surface area contributed by atoms with Crippen LogP contribution in [0.4, 0.5) is 5.69 Å². The van der Waals surface area contributed by atoms with E-state index in [-0.39, 0.29) is 9.37 Å². The Morgan fingerprint density at radius 1 is 1.45 bits per heavy atom. The number of nitrogens with zero attached hydrogens (tertiary/aromatic N) is 2. The van der Waals surface area contributed by atoms with Crippen molar-refractivity contribution in [3.63, 3.8) is 0 Å². The quantitative estimate of drug-likeness (QED) is 0.622. The third kappa shape index (κ3) is 3.32. The summed E-state index contributed by atoms with van der Waals surface area (Å²) in [4.78, 5) is 20.5. The zero-order valence-corrected chi connectivity index (χ0v) is 12.9. The van der Waals surface area contributed by atoms with Gasteiger partial charge in [-0.15, -0.1) is 0 Å². The zero-order chi connectivity index (χ0) is 15.7. The fourth-order valence-corrected chi connectivity index (χ4v) is 3.35. The highest BCUT2D eigenvalue weighted by Crippen LogP contribution is 2.26. The highest BCUT2D eigenvalue weighted by atomic mass is 79.9. The first-order valence-corrected chi connectivity index (χ1v) is 7.46. The lowest BCUT2D eigenvalue weighted by Gasteiger charge is -2.21. The number of carboxylic acid groups (broad SMARTS) is 1. The fraction of sp³-hybridized carbons (Fsp3) is 0.300. The Balaban J connectivity index is 3.36. The molecule has 110 valence electrons. The molecule has 0 heterocycles. The number of halogens is 1. The van der Waals surface area contributed by atoms with E-state index in [9.17, 15) is 23.3 Å². The Labute approximate surface area is 123 Å². The monoisotopic (exact) mass is 366 g/mol. The van der Waals surface area contributed by atoms with Crippen LogP contribution in [0.1, 0.15) is 6.92 Å². The molecule has 10 heteroatoms. The van der Waals surface area contributed by atoms with Crippen molar-refractivity contribution in [2.45, 2.75) is 17.9 Å². The Kier molecular flexibility index (Phi) is 4.84. The van der Waals surface area contributed by atoms with Crippen LogP contribution in [0.5, 0.6) is 0 Å². The number of carbonyl (C=O) groups is 1. The van der Waals surface area contributed by atoms with E-state index in [0.717, 1.165) is 19.2 Å². The van der Waals surface area contributed by atoms with E-state index in [0.29, 0.717) is 4.31 Å². The minimum absolute atomic E-state index is 0.210. The Hall–Kier alpha value is -1.52. The standard InChI is InChI=1S/C10H11BrN2O6S/c1-6(10(14)15)12(2)20(18,19)9-4-7(11)3-8(5-9)13(16)17/h3-6H,1-2H3,(H,14,15). The molecule has 1 atom stereocenters. The van der Waals surface area contributed by atoms with Crippen LogP contribution in [-0.4, -0.2) is 41.8 Å². The Morgan fingerprint density at radius 3 is 2.45 bits per heavy atom. The number of carboxylic acids is 1. The second-order valence-electron chi connectivity index (χ2n) is 3.94. The number of hydrogen-bond donors (Lipinski definition) is 1. The van der Waals surface area contributed by atoms with Gasteiger partial charge in [-0.2, -0.15) is 4.31 Å². The molecule has 0 fully saturated rings. The van der Waals surface area contributed by atoms with Crippen molar-refractivity contribution in [1.82, 2.24) is 4.31 Å². The van der Waals surface area contributed by atoms with Crippen molar-refractivity contribution in [1.29, 1.82) is 0 Å². The molecule has 1 rings (SSSR count). The molecular formula is C10H11BrN2O6S. The van der Waals surface area contributed by atoms with Gasteiger partial charge in [-0.3, -0.25) is 14.9 Å². The van der Waals surface area contributed by atoms with Crippen molar-refractivity contribution in [3.05, 3.63) is 32.8 Å². The van der Waals surface area contributed by atoms with Gasteiger partial charge in [-0.05, 0) is 13.0 Å². The highest BCUT2D eigenvalue weighted by Gasteiger charge is 2.30. The van der Waals surface area contributed by atoms with Gasteiger partial charge < -0.3 is 5.11 Å². The summed E-state index contributed by atoms with van der Waals surface area (Å²) in [6, 6.07) is 1.91. The first-order chi connectivity index (χ1) is 9.07. The molecule has 0 spiro atoms. The molecule has 0 aliphatic carbocycles. The van der Waals surface area contributed by atoms with Gasteiger partial charge in [-0.25, -0.2) is 8.42 Å². The van der Waals surface area contributed by atoms with Crippen LogP contribution in [0.2, 0.25) is 0 Å². The second-order valence-corrected chi connectivity index (χ2v) is 6.85. The van der Waals surface area contributed by atoms with Crippen molar-refractivity contribution < 1.29 is 23.2 Å². The number of rotatable bonds is 5. The van der Waals surface area contributed by atoms with Crippen molar-refractivity contribution in [3.8, 4) is 0 Å². The fourth-order valence-electron chi connectivity index (χ4n) is 1.33. The van der Waals surface area contributed by atoms with Crippen LogP contribution >= 0.6 is 15.9 Å². The summed E-state index contributed by atoms with van der Waals surface area (Å²) in [5.41, 5.74) is -0.408. The van der Waals surface area contributed by atoms with Crippen LogP contribution in [0.3, 0.4) is 0 Å². The van der Waals surface area contributed by atoms with Crippen LogP contribution in [0.15, 0.2) is 27.6 Å². The van der Waals surface area contributed by atoms with Gasteiger partial charge in [0.2, 0.25) is 10.0 Å². The average Bonchev–Trinajstić information content (AvgIpc) is 2.35. The van der Waals surface area contributed by atoms with Gasteiger partial charge in [0.15, 0.2) is 0 Å². The zero-order valence-electron chi connectivity index (χ0n) is 10.5. The lowest BCUT2D eigenvalue weighted by Crippen LogP contribution is -2.40. The van der Waals surface area contributed by atoms with Crippen LogP contribution in [0, 0.1) is 10.1 Å². The molecule has 8 nitrogen and oxygen atoms in total. The van der Waals surface area contributed by atoms with Gasteiger partial charge in [-0.1, -0.05) is 15.9 Å². The summed E-state index contributed by atoms with van der Waals surface area (Å²) < 4.78 is 25.3. The second kappa shape index (κ2) is 5.85. The number of non-ortho nitro benzene ring substituents is 1. The molecule has 1 N–H and O–H groups in total. The number of nitro groups is 1. The molecule has 0 bridgehead atoms. The van der Waals surface area contributed by atoms with Gasteiger partial charge >= 0.3 is 5.97 Å². The Bertz CT molecular complexity index is 660. The first-order valence-electron chi connectivity index (χ1n) is 5.23. The van der Waals surface area contributed by atoms with Gasteiger partial charge in [0, 0.05) is 23.7 Å². The van der Waals surface area contributed by atoms with E-state index in [4.69, 9.17) is 5.11 Å². The molecule has 0 aliphatic heterocycles. The number of sulfonamides is 1. The van der Waals surface area contributed by atoms with E-state index in [2.05, 4.69) is 15.9 Å². The molecule has 0 amide bonds. The number of nitro benzene ring substituents is 1. The van der Waals surface area contributed by atoms with E-state index in [1.165, 1.54) is 13.0 Å². The minimum Gasteiger partial charge on any atom is -0.480 e. The SMILES string of the molecule is CC(C(=O)O)N(C)S(=O)(=O)c1cc(Br)cc([N+](=O)[O-])c1. The molecular weight excluding hydrogens is 356 g/mol. The maximum atomic E-state index is 12.2. The van der Waals surface area contributed by atoms with E-state index in [1.807, 2.05) is 0 Å². The maximum absolute atomic E-state index is 12.2. The maximum Gasteiger partial charge on any atom is 0.321 e. The van der Waals surface area contributed by atoms with E-state index in [1.54, 1.807) is 0 Å². The van der Waals surface area contributed by atoms with Gasteiger partial charge in [0.1, 0.15) is 6.04 Å². The Morgan fingerprint density at radius 2 is 2.00 bits per heavy atom. The largest absolute Gasteiger partial charge is 0.480 e. The highest BCUT2D eigenvalue weighted by molar-refractivity contribution is 9.10. The van der Waals surface area contributed by atoms with E-state index >= 15 is 0 Å². The third-order valence-corrected chi connectivity index (χ3v) is 5.01. The number of benzene rings is 1. The summed E-state index contributed by atoms with van der Waals surface area (Å²) >= 11 is 2.99. The molecule has 0 radical (unpaired) electrons. The molecule has 0 aliphatic rings. The van der Waals surface area contributed by atoms with Crippen molar-refractivity contribution in [2.75, 3.05) is 7.05 Å². The van der Waals surface area contributed by atoms with Crippen LogP contribution in [-0.2, 0) is 14.8 Å². The predicted octanol–water partition coefficient (Wildman–Crippen LogP) is 1.45. The smallest absolute Gasteiger partial charge is 0.321 e. The molecule has 0 saturated heterocycles. The summed E-state index contributed by atoms with van der Waals surface area (Å²) in [6.07, 6.45) is 0. The number of likely N-dealkylation sites (N-methyl/N-ethyl adjacent to an activating group) is 1. The molecule has 20 heavy (non-hydrogen) atoms. The van der Waals surface area contributed by atoms with Crippen molar-refractivity contribution >= 4 is 37.6 Å². The summed E-state index contributed by atoms with van der Waals surface area (Å²) in [7, 11) is -3.05. The molecule has 1 aromatic carbocycles.